The number of hydrogen-bond donors (Lipinski definition) is 1. The first-order valence-electron chi connectivity index (χ1n) is 7.45. The minimum atomic E-state index is -0.293. The molecule has 0 saturated carbocycles. The van der Waals surface area contributed by atoms with Gasteiger partial charge in [0, 0.05) is 20.6 Å². The molecule has 1 aliphatic rings. The molecule has 7 heteroatoms. The van der Waals surface area contributed by atoms with Gasteiger partial charge in [-0.05, 0) is 25.8 Å². The van der Waals surface area contributed by atoms with E-state index in [0.717, 1.165) is 31.6 Å². The van der Waals surface area contributed by atoms with Crippen LogP contribution < -0.4 is 16.6 Å². The van der Waals surface area contributed by atoms with Crippen molar-refractivity contribution in [1.29, 1.82) is 0 Å². The van der Waals surface area contributed by atoms with Crippen molar-refractivity contribution in [2.75, 3.05) is 6.54 Å². The van der Waals surface area contributed by atoms with Crippen LogP contribution >= 0.6 is 0 Å². The number of aryl methyl sites for hydroxylation is 2. The molecule has 3 rings (SSSR count). The van der Waals surface area contributed by atoms with Crippen LogP contribution in [0, 0.1) is 0 Å². The van der Waals surface area contributed by atoms with Crippen molar-refractivity contribution in [1.82, 2.24) is 24.0 Å². The quantitative estimate of drug-likeness (QED) is 0.881. The summed E-state index contributed by atoms with van der Waals surface area (Å²) in [5, 5.41) is 3.40. The minimum Gasteiger partial charge on any atom is -0.324 e. The lowest BCUT2D eigenvalue weighted by molar-refractivity contribution is 0.583. The molecule has 0 amide bonds. The molecule has 0 bridgehead atoms. The molecular formula is C14H21N5O2. The monoisotopic (exact) mass is 291 g/mol. The van der Waals surface area contributed by atoms with Gasteiger partial charge in [0.1, 0.15) is 5.82 Å². The fourth-order valence-corrected chi connectivity index (χ4v) is 3.09. The molecule has 1 unspecified atom stereocenters. The predicted molar refractivity (Wildman–Crippen MR) is 80.5 cm³/mol. The summed E-state index contributed by atoms with van der Waals surface area (Å²) in [5.74, 6) is 0.843. The first kappa shape index (κ1) is 14.1. The van der Waals surface area contributed by atoms with E-state index in [1.54, 1.807) is 4.57 Å². The first-order valence-corrected chi connectivity index (χ1v) is 7.45. The summed E-state index contributed by atoms with van der Waals surface area (Å²) >= 11 is 0. The number of rotatable bonds is 3. The van der Waals surface area contributed by atoms with Gasteiger partial charge in [0.2, 0.25) is 0 Å². The van der Waals surface area contributed by atoms with E-state index in [1.165, 1.54) is 11.6 Å². The third-order valence-electron chi connectivity index (χ3n) is 4.21. The third-order valence-corrected chi connectivity index (χ3v) is 4.21. The highest BCUT2D eigenvalue weighted by atomic mass is 16.2. The lowest BCUT2D eigenvalue weighted by Crippen LogP contribution is -2.38. The molecule has 0 spiro atoms. The number of nitrogens with one attached hydrogen (secondary N) is 1. The second-order valence-electron chi connectivity index (χ2n) is 5.65. The van der Waals surface area contributed by atoms with E-state index < -0.39 is 0 Å². The molecule has 1 saturated heterocycles. The average Bonchev–Trinajstić information content (AvgIpc) is 3.09. The van der Waals surface area contributed by atoms with Crippen LogP contribution in [0.2, 0.25) is 0 Å². The summed E-state index contributed by atoms with van der Waals surface area (Å²) in [6.45, 7) is 3.54. The largest absolute Gasteiger partial charge is 0.332 e. The highest BCUT2D eigenvalue weighted by Crippen LogP contribution is 2.23. The Labute approximate surface area is 122 Å². The SMILES string of the molecule is CCCn1c(=O)n(C)c(=O)c2c1nc(C1CCCN1)n2C. The van der Waals surface area contributed by atoms with E-state index in [4.69, 9.17) is 0 Å². The lowest BCUT2D eigenvalue weighted by atomic mass is 10.2. The molecule has 2 aromatic heterocycles. The van der Waals surface area contributed by atoms with Gasteiger partial charge in [-0.2, -0.15) is 0 Å². The highest BCUT2D eigenvalue weighted by molar-refractivity contribution is 5.71. The van der Waals surface area contributed by atoms with Crippen molar-refractivity contribution in [3.63, 3.8) is 0 Å². The summed E-state index contributed by atoms with van der Waals surface area (Å²) < 4.78 is 4.62. The molecule has 3 heterocycles. The Kier molecular flexibility index (Phi) is 3.44. The molecule has 1 aliphatic heterocycles. The molecule has 1 fully saturated rings. The molecule has 114 valence electrons. The van der Waals surface area contributed by atoms with Gasteiger partial charge in [0.15, 0.2) is 11.2 Å². The van der Waals surface area contributed by atoms with Crippen LogP contribution in [-0.4, -0.2) is 25.2 Å². The van der Waals surface area contributed by atoms with Crippen molar-refractivity contribution in [2.45, 2.75) is 38.8 Å². The van der Waals surface area contributed by atoms with Crippen molar-refractivity contribution in [3.05, 3.63) is 26.7 Å². The summed E-state index contributed by atoms with van der Waals surface area (Å²) in [7, 11) is 3.38. The Hall–Kier alpha value is -1.89. The number of fused-ring (bicyclic) bond motifs is 1. The van der Waals surface area contributed by atoms with Crippen LogP contribution in [0.3, 0.4) is 0 Å². The fraction of sp³-hybridized carbons (Fsp3) is 0.643. The molecule has 1 N–H and O–H groups in total. The number of imidazole rings is 1. The molecule has 0 radical (unpaired) electrons. The van der Waals surface area contributed by atoms with Gasteiger partial charge in [-0.1, -0.05) is 6.92 Å². The van der Waals surface area contributed by atoms with E-state index in [2.05, 4.69) is 10.3 Å². The Morgan fingerprint density at radius 2 is 2.05 bits per heavy atom. The maximum absolute atomic E-state index is 12.4. The van der Waals surface area contributed by atoms with E-state index >= 15 is 0 Å². The second kappa shape index (κ2) is 5.14. The molecule has 2 aromatic rings. The molecule has 7 nitrogen and oxygen atoms in total. The van der Waals surface area contributed by atoms with Crippen molar-refractivity contribution in [3.8, 4) is 0 Å². The van der Waals surface area contributed by atoms with E-state index in [-0.39, 0.29) is 17.3 Å². The summed E-state index contributed by atoms with van der Waals surface area (Å²) in [6, 6.07) is 0.164. The maximum atomic E-state index is 12.4. The summed E-state index contributed by atoms with van der Waals surface area (Å²) in [5.41, 5.74) is 0.449. The van der Waals surface area contributed by atoms with Crippen LogP contribution in [0.1, 0.15) is 38.1 Å². The maximum Gasteiger partial charge on any atom is 0.332 e. The molecule has 1 atom stereocenters. The topological polar surface area (TPSA) is 73.8 Å². The Morgan fingerprint density at radius 3 is 2.67 bits per heavy atom. The van der Waals surface area contributed by atoms with Crippen molar-refractivity contribution >= 4 is 11.2 Å². The smallest absolute Gasteiger partial charge is 0.324 e. The van der Waals surface area contributed by atoms with E-state index in [1.807, 2.05) is 18.5 Å². The Morgan fingerprint density at radius 1 is 1.29 bits per heavy atom. The standard InChI is InChI=1S/C14H21N5O2/c1-4-8-19-12-10(13(20)18(3)14(19)21)17(2)11(16-12)9-6-5-7-15-9/h9,15H,4-8H2,1-3H3. The van der Waals surface area contributed by atoms with Gasteiger partial charge in [-0.15, -0.1) is 0 Å². The van der Waals surface area contributed by atoms with Crippen LogP contribution in [0.5, 0.6) is 0 Å². The zero-order valence-electron chi connectivity index (χ0n) is 12.7. The number of hydrogen-bond acceptors (Lipinski definition) is 4. The van der Waals surface area contributed by atoms with E-state index in [9.17, 15) is 9.59 Å². The zero-order chi connectivity index (χ0) is 15.1. The molecule has 0 aliphatic carbocycles. The molecule has 0 aromatic carbocycles. The first-order chi connectivity index (χ1) is 10.1. The van der Waals surface area contributed by atoms with Gasteiger partial charge in [0.05, 0.1) is 6.04 Å². The van der Waals surface area contributed by atoms with Gasteiger partial charge in [-0.3, -0.25) is 13.9 Å². The Bertz CT molecular complexity index is 792. The van der Waals surface area contributed by atoms with Gasteiger partial charge in [0.25, 0.3) is 5.56 Å². The second-order valence-corrected chi connectivity index (χ2v) is 5.65. The number of nitrogens with zero attached hydrogens (tertiary/aromatic N) is 4. The number of aromatic nitrogens is 4. The van der Waals surface area contributed by atoms with Gasteiger partial charge in [-0.25, -0.2) is 9.78 Å². The predicted octanol–water partition coefficient (Wildman–Crippen LogP) is 0.268. The van der Waals surface area contributed by atoms with Crippen LogP contribution in [0.4, 0.5) is 0 Å². The van der Waals surface area contributed by atoms with Crippen LogP contribution in [-0.2, 0) is 20.6 Å². The lowest BCUT2D eigenvalue weighted by Gasteiger charge is -2.09. The van der Waals surface area contributed by atoms with Crippen LogP contribution in [0.25, 0.3) is 11.2 Å². The Balaban J connectivity index is 2.34. The van der Waals surface area contributed by atoms with Gasteiger partial charge >= 0.3 is 5.69 Å². The molecular weight excluding hydrogens is 270 g/mol. The van der Waals surface area contributed by atoms with Crippen molar-refractivity contribution in [2.24, 2.45) is 14.1 Å². The van der Waals surface area contributed by atoms with Gasteiger partial charge < -0.3 is 9.88 Å². The average molecular weight is 291 g/mol. The minimum absolute atomic E-state index is 0.164. The molecule has 21 heavy (non-hydrogen) atoms. The normalized spacial score (nSPS) is 18.7. The highest BCUT2D eigenvalue weighted by Gasteiger charge is 2.25. The van der Waals surface area contributed by atoms with Crippen molar-refractivity contribution < 1.29 is 0 Å². The van der Waals surface area contributed by atoms with E-state index in [0.29, 0.717) is 17.7 Å². The third kappa shape index (κ3) is 2.03. The summed E-state index contributed by atoms with van der Waals surface area (Å²) in [4.78, 5) is 29.3. The fourth-order valence-electron chi connectivity index (χ4n) is 3.09. The van der Waals surface area contributed by atoms with Crippen LogP contribution in [0.15, 0.2) is 9.59 Å². The summed E-state index contributed by atoms with van der Waals surface area (Å²) in [6.07, 6.45) is 2.93. The zero-order valence-corrected chi connectivity index (χ0v) is 12.7.